The minimum absolute atomic E-state index is 0.0882. The first-order valence-electron chi connectivity index (χ1n) is 7.29. The van der Waals surface area contributed by atoms with Crippen LogP contribution in [0.3, 0.4) is 0 Å². The second-order valence-corrected chi connectivity index (χ2v) is 6.56. The SMILES string of the molecule is C[C@H](NC(=O)COc1ccc(Cl)cc1Br)c1ccc2c(c1)OCO2. The van der Waals surface area contributed by atoms with Crippen LogP contribution < -0.4 is 19.5 Å². The third-order valence-corrected chi connectivity index (χ3v) is 4.38. The van der Waals surface area contributed by atoms with Gasteiger partial charge in [0.05, 0.1) is 10.5 Å². The Kier molecular flexibility index (Phi) is 5.16. The fourth-order valence-corrected chi connectivity index (χ4v) is 3.08. The lowest BCUT2D eigenvalue weighted by atomic mass is 10.1. The molecule has 0 saturated heterocycles. The largest absolute Gasteiger partial charge is 0.483 e. The molecule has 0 fully saturated rings. The van der Waals surface area contributed by atoms with E-state index in [4.69, 9.17) is 25.8 Å². The number of hydrogen-bond acceptors (Lipinski definition) is 4. The molecular weight excluding hydrogens is 398 g/mol. The van der Waals surface area contributed by atoms with Crippen molar-refractivity contribution in [1.82, 2.24) is 5.32 Å². The molecule has 0 aliphatic carbocycles. The highest BCUT2D eigenvalue weighted by atomic mass is 79.9. The molecule has 5 nitrogen and oxygen atoms in total. The maximum Gasteiger partial charge on any atom is 0.258 e. The lowest BCUT2D eigenvalue weighted by molar-refractivity contribution is -0.123. The van der Waals surface area contributed by atoms with E-state index in [1.807, 2.05) is 25.1 Å². The Balaban J connectivity index is 1.56. The van der Waals surface area contributed by atoms with Gasteiger partial charge in [-0.2, -0.15) is 0 Å². The molecule has 0 bridgehead atoms. The van der Waals surface area contributed by atoms with E-state index >= 15 is 0 Å². The van der Waals surface area contributed by atoms with Gasteiger partial charge in [0.2, 0.25) is 6.79 Å². The van der Waals surface area contributed by atoms with Gasteiger partial charge in [0, 0.05) is 5.02 Å². The number of fused-ring (bicyclic) bond motifs is 1. The summed E-state index contributed by atoms with van der Waals surface area (Å²) in [6.07, 6.45) is 0. The van der Waals surface area contributed by atoms with Crippen LogP contribution in [-0.2, 0) is 4.79 Å². The summed E-state index contributed by atoms with van der Waals surface area (Å²) in [6, 6.07) is 10.5. The van der Waals surface area contributed by atoms with Crippen LogP contribution in [0.25, 0.3) is 0 Å². The fraction of sp³-hybridized carbons (Fsp3) is 0.235. The number of amides is 1. The highest BCUT2D eigenvalue weighted by Crippen LogP contribution is 2.34. The highest BCUT2D eigenvalue weighted by molar-refractivity contribution is 9.10. The van der Waals surface area contributed by atoms with Crippen molar-refractivity contribution in [3.8, 4) is 17.2 Å². The van der Waals surface area contributed by atoms with Gasteiger partial charge in [-0.3, -0.25) is 4.79 Å². The monoisotopic (exact) mass is 411 g/mol. The molecule has 1 N–H and O–H groups in total. The van der Waals surface area contributed by atoms with Crippen LogP contribution in [0.1, 0.15) is 18.5 Å². The molecule has 0 spiro atoms. The topological polar surface area (TPSA) is 56.8 Å². The third-order valence-electron chi connectivity index (χ3n) is 3.53. The Bertz CT molecular complexity index is 768. The molecular formula is C17H15BrClNO4. The summed E-state index contributed by atoms with van der Waals surface area (Å²) in [5, 5.41) is 3.48. The zero-order chi connectivity index (χ0) is 17.1. The standard InChI is InChI=1S/C17H15BrClNO4/c1-10(11-2-4-15-16(6-11)24-9-23-15)20-17(21)8-22-14-5-3-12(19)7-13(14)18/h2-7,10H,8-9H2,1H3,(H,20,21)/t10-/m0/s1. The van der Waals surface area contributed by atoms with Crippen molar-refractivity contribution in [2.45, 2.75) is 13.0 Å². The molecule has 1 aliphatic heterocycles. The van der Waals surface area contributed by atoms with Gasteiger partial charge in [0.15, 0.2) is 18.1 Å². The van der Waals surface area contributed by atoms with Crippen molar-refractivity contribution in [1.29, 1.82) is 0 Å². The average molecular weight is 413 g/mol. The van der Waals surface area contributed by atoms with Crippen molar-refractivity contribution in [3.63, 3.8) is 0 Å². The molecule has 3 rings (SSSR count). The fourth-order valence-electron chi connectivity index (χ4n) is 2.28. The molecule has 1 heterocycles. The molecule has 1 aliphatic rings. The summed E-state index contributed by atoms with van der Waals surface area (Å²) in [5.74, 6) is 1.75. The average Bonchev–Trinajstić information content (AvgIpc) is 3.01. The Hall–Kier alpha value is -1.92. The number of carbonyl (C=O) groups excluding carboxylic acids is 1. The van der Waals surface area contributed by atoms with Gasteiger partial charge < -0.3 is 19.5 Å². The maximum absolute atomic E-state index is 12.1. The van der Waals surface area contributed by atoms with Gasteiger partial charge in [-0.05, 0) is 58.7 Å². The van der Waals surface area contributed by atoms with E-state index in [0.29, 0.717) is 26.7 Å². The van der Waals surface area contributed by atoms with Gasteiger partial charge in [0.1, 0.15) is 5.75 Å². The van der Waals surface area contributed by atoms with E-state index in [1.54, 1.807) is 18.2 Å². The summed E-state index contributed by atoms with van der Waals surface area (Å²) in [4.78, 5) is 12.1. The summed E-state index contributed by atoms with van der Waals surface area (Å²) in [6.45, 7) is 2.03. The van der Waals surface area contributed by atoms with Crippen LogP contribution in [0.15, 0.2) is 40.9 Å². The number of ether oxygens (including phenoxy) is 3. The first-order chi connectivity index (χ1) is 11.5. The number of carbonyl (C=O) groups is 1. The quantitative estimate of drug-likeness (QED) is 0.804. The van der Waals surface area contributed by atoms with E-state index in [9.17, 15) is 4.79 Å². The number of nitrogens with one attached hydrogen (secondary N) is 1. The van der Waals surface area contributed by atoms with Crippen LogP contribution in [0.4, 0.5) is 0 Å². The summed E-state index contributed by atoms with van der Waals surface area (Å²) < 4.78 is 16.8. The van der Waals surface area contributed by atoms with Gasteiger partial charge in [0.25, 0.3) is 5.91 Å². The zero-order valence-electron chi connectivity index (χ0n) is 12.8. The predicted octanol–water partition coefficient (Wildman–Crippen LogP) is 4.09. The molecule has 0 unspecified atom stereocenters. The molecule has 1 amide bonds. The van der Waals surface area contributed by atoms with Crippen molar-refractivity contribution >= 4 is 33.4 Å². The predicted molar refractivity (Wildman–Crippen MR) is 93.8 cm³/mol. The Labute approximate surface area is 153 Å². The summed E-state index contributed by atoms with van der Waals surface area (Å²) in [5.41, 5.74) is 0.931. The minimum atomic E-state index is -0.220. The molecule has 0 aromatic heterocycles. The van der Waals surface area contributed by atoms with Crippen molar-refractivity contribution in [3.05, 3.63) is 51.5 Å². The Morgan fingerprint density at radius 1 is 1.29 bits per heavy atom. The smallest absolute Gasteiger partial charge is 0.258 e. The van der Waals surface area contributed by atoms with E-state index in [-0.39, 0.29) is 25.3 Å². The van der Waals surface area contributed by atoms with Crippen molar-refractivity contribution < 1.29 is 19.0 Å². The molecule has 2 aromatic rings. The minimum Gasteiger partial charge on any atom is -0.483 e. The van der Waals surface area contributed by atoms with Crippen LogP contribution in [0.2, 0.25) is 5.02 Å². The third kappa shape index (κ3) is 3.94. The van der Waals surface area contributed by atoms with E-state index < -0.39 is 0 Å². The lowest BCUT2D eigenvalue weighted by Crippen LogP contribution is -2.31. The molecule has 24 heavy (non-hydrogen) atoms. The molecule has 0 saturated carbocycles. The van der Waals surface area contributed by atoms with E-state index in [0.717, 1.165) is 5.56 Å². The Morgan fingerprint density at radius 3 is 2.88 bits per heavy atom. The van der Waals surface area contributed by atoms with E-state index in [2.05, 4.69) is 21.2 Å². The van der Waals surface area contributed by atoms with E-state index in [1.165, 1.54) is 0 Å². The van der Waals surface area contributed by atoms with Crippen LogP contribution in [0.5, 0.6) is 17.2 Å². The summed E-state index contributed by atoms with van der Waals surface area (Å²) in [7, 11) is 0. The lowest BCUT2D eigenvalue weighted by Gasteiger charge is -2.15. The number of halogens is 2. The number of benzene rings is 2. The Morgan fingerprint density at radius 2 is 2.08 bits per heavy atom. The number of hydrogen-bond donors (Lipinski definition) is 1. The second-order valence-electron chi connectivity index (χ2n) is 5.27. The van der Waals surface area contributed by atoms with Crippen LogP contribution >= 0.6 is 27.5 Å². The first kappa shape index (κ1) is 16.9. The first-order valence-corrected chi connectivity index (χ1v) is 8.47. The maximum atomic E-state index is 12.1. The molecule has 0 radical (unpaired) electrons. The van der Waals surface area contributed by atoms with Crippen molar-refractivity contribution in [2.24, 2.45) is 0 Å². The molecule has 1 atom stereocenters. The molecule has 2 aromatic carbocycles. The number of rotatable bonds is 5. The summed E-state index contributed by atoms with van der Waals surface area (Å²) >= 11 is 9.22. The van der Waals surface area contributed by atoms with Crippen LogP contribution in [-0.4, -0.2) is 19.3 Å². The van der Waals surface area contributed by atoms with Gasteiger partial charge in [-0.15, -0.1) is 0 Å². The second kappa shape index (κ2) is 7.32. The van der Waals surface area contributed by atoms with Crippen LogP contribution in [0, 0.1) is 0 Å². The van der Waals surface area contributed by atoms with Gasteiger partial charge >= 0.3 is 0 Å². The molecule has 126 valence electrons. The highest BCUT2D eigenvalue weighted by Gasteiger charge is 2.17. The van der Waals surface area contributed by atoms with Crippen molar-refractivity contribution in [2.75, 3.05) is 13.4 Å². The van der Waals surface area contributed by atoms with Gasteiger partial charge in [-0.25, -0.2) is 0 Å². The normalized spacial score (nSPS) is 13.5. The zero-order valence-corrected chi connectivity index (χ0v) is 15.2. The molecule has 7 heteroatoms. The van der Waals surface area contributed by atoms with Gasteiger partial charge in [-0.1, -0.05) is 17.7 Å².